The zero-order chi connectivity index (χ0) is 23.5. The molecule has 1 aromatic heterocycles. The average Bonchev–Trinajstić information content (AvgIpc) is 3.19. The summed E-state index contributed by atoms with van der Waals surface area (Å²) in [4.78, 5) is 12.3. The third-order valence-corrected chi connectivity index (χ3v) is 6.26. The largest absolute Gasteiger partial charge is 0.486 e. The number of nitrogens with one attached hydrogen (secondary N) is 1. The molecule has 0 aliphatic heterocycles. The van der Waals surface area contributed by atoms with Crippen molar-refractivity contribution in [2.45, 2.75) is 6.61 Å². The Bertz CT molecular complexity index is 1360. The number of hydrogen-bond donors (Lipinski definition) is 1. The number of hydrazone groups is 1. The van der Waals surface area contributed by atoms with Crippen LogP contribution < -0.4 is 10.2 Å². The number of furan rings is 1. The van der Waals surface area contributed by atoms with Crippen LogP contribution in [-0.2, 0) is 6.61 Å². The third kappa shape index (κ3) is 5.83. The van der Waals surface area contributed by atoms with E-state index in [1.165, 1.54) is 6.21 Å². The van der Waals surface area contributed by atoms with E-state index in [9.17, 15) is 4.79 Å². The normalized spacial score (nSPS) is 11.3. The van der Waals surface area contributed by atoms with Gasteiger partial charge in [-0.05, 0) is 59.7 Å². The first kappa shape index (κ1) is 23.9. The van der Waals surface area contributed by atoms with Gasteiger partial charge in [-0.3, -0.25) is 4.79 Å². The maximum atomic E-state index is 12.3. The van der Waals surface area contributed by atoms with Gasteiger partial charge in [-0.25, -0.2) is 5.43 Å². The molecule has 3 aromatic carbocycles. The Kier molecular flexibility index (Phi) is 7.51. The van der Waals surface area contributed by atoms with Gasteiger partial charge in [-0.2, -0.15) is 5.10 Å². The molecule has 5 nitrogen and oxygen atoms in total. The van der Waals surface area contributed by atoms with E-state index in [2.05, 4.69) is 26.5 Å². The van der Waals surface area contributed by atoms with E-state index in [0.29, 0.717) is 26.9 Å². The molecule has 1 heterocycles. The van der Waals surface area contributed by atoms with Gasteiger partial charge in [0.25, 0.3) is 0 Å². The molecule has 33 heavy (non-hydrogen) atoms. The SMILES string of the molecule is O=C(N/N=C/c1cc(Cl)c(OCc2ccc(Cl)c(Cl)c2)c(Cl)c1)c1cc2cc(Br)ccc2o1. The number of benzene rings is 3. The van der Waals surface area contributed by atoms with Gasteiger partial charge in [0.1, 0.15) is 12.2 Å². The Balaban J connectivity index is 1.41. The van der Waals surface area contributed by atoms with Gasteiger partial charge in [0.15, 0.2) is 11.5 Å². The lowest BCUT2D eigenvalue weighted by molar-refractivity contribution is 0.0929. The molecule has 4 aromatic rings. The van der Waals surface area contributed by atoms with Crippen molar-refractivity contribution < 1.29 is 13.9 Å². The standard InChI is InChI=1S/C23H13BrCl4N2O3/c24-15-2-4-20-14(8-15)9-21(33-20)23(31)30-29-10-13-6-18(27)22(19(28)7-13)32-11-12-1-3-16(25)17(26)5-12/h1-10H,11H2,(H,30,31)/b29-10+. The predicted octanol–water partition coefficient (Wildman–Crippen LogP) is 8.15. The highest BCUT2D eigenvalue weighted by Gasteiger charge is 2.13. The first-order valence-electron chi connectivity index (χ1n) is 9.38. The van der Waals surface area contributed by atoms with Crippen LogP contribution in [0.15, 0.2) is 68.6 Å². The summed E-state index contributed by atoms with van der Waals surface area (Å²) in [6, 6.07) is 15.5. The molecule has 0 fully saturated rings. The Hall–Kier alpha value is -2.22. The number of carbonyl (C=O) groups excluding carboxylic acids is 1. The molecule has 0 unspecified atom stereocenters. The van der Waals surface area contributed by atoms with Crippen molar-refractivity contribution >= 4 is 85.4 Å². The van der Waals surface area contributed by atoms with Gasteiger partial charge in [0.05, 0.1) is 26.3 Å². The fraction of sp³-hybridized carbons (Fsp3) is 0.0435. The van der Waals surface area contributed by atoms with Crippen molar-refractivity contribution in [3.8, 4) is 5.75 Å². The summed E-state index contributed by atoms with van der Waals surface area (Å²) in [6.07, 6.45) is 1.41. The molecule has 0 aliphatic rings. The number of amides is 1. The van der Waals surface area contributed by atoms with Crippen molar-refractivity contribution in [2.75, 3.05) is 0 Å². The van der Waals surface area contributed by atoms with Gasteiger partial charge in [-0.15, -0.1) is 0 Å². The number of nitrogens with zero attached hydrogens (tertiary/aromatic N) is 1. The van der Waals surface area contributed by atoms with Crippen molar-refractivity contribution in [2.24, 2.45) is 5.10 Å². The van der Waals surface area contributed by atoms with Crippen LogP contribution in [0.4, 0.5) is 0 Å². The van der Waals surface area contributed by atoms with Gasteiger partial charge < -0.3 is 9.15 Å². The quantitative estimate of drug-likeness (QED) is 0.183. The van der Waals surface area contributed by atoms with E-state index >= 15 is 0 Å². The van der Waals surface area contributed by atoms with Crippen LogP contribution in [0.5, 0.6) is 5.75 Å². The number of hydrogen-bond acceptors (Lipinski definition) is 4. The monoisotopic (exact) mass is 584 g/mol. The number of halogens is 5. The van der Waals surface area contributed by atoms with Crippen LogP contribution in [0, 0.1) is 0 Å². The second-order valence-electron chi connectivity index (χ2n) is 6.84. The van der Waals surface area contributed by atoms with E-state index in [1.807, 2.05) is 12.1 Å². The first-order valence-corrected chi connectivity index (χ1v) is 11.7. The molecule has 10 heteroatoms. The second kappa shape index (κ2) is 10.4. The lowest BCUT2D eigenvalue weighted by Gasteiger charge is -2.11. The van der Waals surface area contributed by atoms with Crippen LogP contribution in [0.1, 0.15) is 21.7 Å². The fourth-order valence-corrected chi connectivity index (χ4v) is 4.24. The van der Waals surface area contributed by atoms with Crippen molar-refractivity contribution in [3.05, 3.63) is 96.0 Å². The van der Waals surface area contributed by atoms with Gasteiger partial charge >= 0.3 is 5.91 Å². The number of fused-ring (bicyclic) bond motifs is 1. The lowest BCUT2D eigenvalue weighted by atomic mass is 10.2. The smallest absolute Gasteiger partial charge is 0.307 e. The zero-order valence-electron chi connectivity index (χ0n) is 16.5. The summed E-state index contributed by atoms with van der Waals surface area (Å²) in [6.45, 7) is 0.202. The Morgan fingerprint density at radius 1 is 0.970 bits per heavy atom. The predicted molar refractivity (Wildman–Crippen MR) is 136 cm³/mol. The third-order valence-electron chi connectivity index (χ3n) is 4.47. The fourth-order valence-electron chi connectivity index (χ4n) is 2.92. The van der Waals surface area contributed by atoms with Gasteiger partial charge in [0.2, 0.25) is 0 Å². The molecule has 0 saturated carbocycles. The average molecular weight is 587 g/mol. The summed E-state index contributed by atoms with van der Waals surface area (Å²) in [5.74, 6) is -0.0289. The Morgan fingerprint density at radius 2 is 1.73 bits per heavy atom. The maximum absolute atomic E-state index is 12.3. The lowest BCUT2D eigenvalue weighted by Crippen LogP contribution is -2.16. The van der Waals surface area contributed by atoms with Crippen LogP contribution in [0.2, 0.25) is 20.1 Å². The molecule has 0 spiro atoms. The Morgan fingerprint density at radius 3 is 2.45 bits per heavy atom. The van der Waals surface area contributed by atoms with Crippen molar-refractivity contribution in [1.29, 1.82) is 0 Å². The summed E-state index contributed by atoms with van der Waals surface area (Å²) in [5.41, 5.74) is 4.40. The van der Waals surface area contributed by atoms with Crippen LogP contribution in [0.3, 0.4) is 0 Å². The molecule has 1 N–H and O–H groups in total. The molecular formula is C23H13BrCl4N2O3. The summed E-state index contributed by atoms with van der Waals surface area (Å²) >= 11 is 28.0. The second-order valence-corrected chi connectivity index (χ2v) is 9.39. The molecule has 4 rings (SSSR count). The van der Waals surface area contributed by atoms with Gasteiger partial charge in [0, 0.05) is 9.86 Å². The van der Waals surface area contributed by atoms with Crippen LogP contribution in [-0.4, -0.2) is 12.1 Å². The van der Waals surface area contributed by atoms with Crippen LogP contribution >= 0.6 is 62.3 Å². The van der Waals surface area contributed by atoms with E-state index in [4.69, 9.17) is 55.6 Å². The molecule has 0 radical (unpaired) electrons. The minimum atomic E-state index is -0.489. The highest BCUT2D eigenvalue weighted by Crippen LogP contribution is 2.35. The number of ether oxygens (including phenoxy) is 1. The van der Waals surface area contributed by atoms with Crippen molar-refractivity contribution in [3.63, 3.8) is 0 Å². The summed E-state index contributed by atoms with van der Waals surface area (Å²) in [5, 5.41) is 6.22. The first-order chi connectivity index (χ1) is 15.8. The zero-order valence-corrected chi connectivity index (χ0v) is 21.2. The molecule has 0 aliphatic carbocycles. The Labute approximate surface area is 217 Å². The molecule has 0 atom stereocenters. The molecule has 0 saturated heterocycles. The highest BCUT2D eigenvalue weighted by atomic mass is 79.9. The topological polar surface area (TPSA) is 63.8 Å². The van der Waals surface area contributed by atoms with Crippen molar-refractivity contribution in [1.82, 2.24) is 5.43 Å². The number of carbonyl (C=O) groups is 1. The minimum Gasteiger partial charge on any atom is -0.486 e. The minimum absolute atomic E-state index is 0.141. The molecular weight excluding hydrogens is 574 g/mol. The molecule has 1 amide bonds. The van der Waals surface area contributed by atoms with E-state index in [1.54, 1.807) is 42.5 Å². The summed E-state index contributed by atoms with van der Waals surface area (Å²) in [7, 11) is 0. The van der Waals surface area contributed by atoms with E-state index in [0.717, 1.165) is 15.4 Å². The molecule has 0 bridgehead atoms. The van der Waals surface area contributed by atoms with Gasteiger partial charge in [-0.1, -0.05) is 68.4 Å². The highest BCUT2D eigenvalue weighted by molar-refractivity contribution is 9.10. The van der Waals surface area contributed by atoms with E-state index < -0.39 is 5.91 Å². The summed E-state index contributed by atoms with van der Waals surface area (Å²) < 4.78 is 12.2. The maximum Gasteiger partial charge on any atom is 0.307 e. The molecule has 168 valence electrons. The van der Waals surface area contributed by atoms with Crippen LogP contribution in [0.25, 0.3) is 11.0 Å². The number of rotatable bonds is 6. The van der Waals surface area contributed by atoms with E-state index in [-0.39, 0.29) is 22.4 Å².